The van der Waals surface area contributed by atoms with Gasteiger partial charge in [0.2, 0.25) is 10.0 Å². The number of benzene rings is 2. The molecule has 0 unspecified atom stereocenters. The number of sulfonamides is 1. The van der Waals surface area contributed by atoms with Crippen LogP contribution >= 0.6 is 11.6 Å². The number of rotatable bonds is 3. The molecule has 116 valence electrons. The van der Waals surface area contributed by atoms with Gasteiger partial charge in [-0.05, 0) is 43.2 Å². The van der Waals surface area contributed by atoms with Gasteiger partial charge in [-0.1, -0.05) is 29.8 Å². The fourth-order valence-corrected chi connectivity index (χ4v) is 4.63. The Hall–Kier alpha value is -1.43. The quantitative estimate of drug-likeness (QED) is 0.847. The molecule has 1 aliphatic rings. The van der Waals surface area contributed by atoms with Crippen LogP contribution in [0.15, 0.2) is 53.4 Å². The summed E-state index contributed by atoms with van der Waals surface area (Å²) in [7, 11) is -3.66. The molecule has 0 N–H and O–H groups in total. The topological polar surface area (TPSA) is 37.4 Å². The van der Waals surface area contributed by atoms with Crippen molar-refractivity contribution in [2.24, 2.45) is 0 Å². The molecule has 3 nitrogen and oxygen atoms in total. The van der Waals surface area contributed by atoms with E-state index in [0.29, 0.717) is 30.0 Å². The molecule has 1 heterocycles. The van der Waals surface area contributed by atoms with Gasteiger partial charge < -0.3 is 0 Å². The van der Waals surface area contributed by atoms with Gasteiger partial charge in [0, 0.05) is 17.1 Å². The molecule has 1 saturated heterocycles. The average molecular weight is 340 g/mol. The van der Waals surface area contributed by atoms with Gasteiger partial charge in [-0.25, -0.2) is 12.8 Å². The van der Waals surface area contributed by atoms with E-state index in [0.717, 1.165) is 0 Å². The van der Waals surface area contributed by atoms with Crippen LogP contribution in [0.1, 0.15) is 24.4 Å². The molecule has 0 amide bonds. The van der Waals surface area contributed by atoms with Crippen LogP contribution in [0.3, 0.4) is 0 Å². The largest absolute Gasteiger partial charge is 0.243 e. The minimum absolute atomic E-state index is 0.181. The Morgan fingerprint density at radius 3 is 2.45 bits per heavy atom. The molecule has 1 fully saturated rings. The third-order valence-electron chi connectivity index (χ3n) is 3.89. The van der Waals surface area contributed by atoms with Crippen molar-refractivity contribution in [2.45, 2.75) is 23.8 Å². The van der Waals surface area contributed by atoms with Crippen molar-refractivity contribution in [3.8, 4) is 0 Å². The Kier molecular flexibility index (Phi) is 4.21. The number of hydrogen-bond donors (Lipinski definition) is 0. The number of nitrogens with zero attached hydrogens (tertiary/aromatic N) is 1. The zero-order chi connectivity index (χ0) is 15.7. The lowest BCUT2D eigenvalue weighted by Gasteiger charge is -2.24. The maximum atomic E-state index is 14.0. The van der Waals surface area contributed by atoms with Crippen molar-refractivity contribution in [3.63, 3.8) is 0 Å². The second kappa shape index (κ2) is 5.99. The van der Waals surface area contributed by atoms with E-state index in [1.807, 2.05) is 0 Å². The Bertz CT molecular complexity index is 777. The third-order valence-corrected chi connectivity index (χ3v) is 6.06. The van der Waals surface area contributed by atoms with E-state index < -0.39 is 16.1 Å². The third kappa shape index (κ3) is 2.76. The van der Waals surface area contributed by atoms with E-state index in [-0.39, 0.29) is 10.7 Å². The summed E-state index contributed by atoms with van der Waals surface area (Å²) >= 11 is 5.81. The summed E-state index contributed by atoms with van der Waals surface area (Å²) in [6, 6.07) is 11.9. The van der Waals surface area contributed by atoms with Crippen LogP contribution in [-0.4, -0.2) is 19.3 Å². The Labute approximate surface area is 134 Å². The first kappa shape index (κ1) is 15.5. The molecule has 0 aliphatic carbocycles. The highest BCUT2D eigenvalue weighted by atomic mass is 35.5. The van der Waals surface area contributed by atoms with Gasteiger partial charge >= 0.3 is 0 Å². The van der Waals surface area contributed by atoms with Crippen molar-refractivity contribution in [1.82, 2.24) is 4.31 Å². The predicted molar refractivity (Wildman–Crippen MR) is 83.7 cm³/mol. The molecule has 0 radical (unpaired) electrons. The molecule has 0 saturated carbocycles. The van der Waals surface area contributed by atoms with Gasteiger partial charge in [-0.2, -0.15) is 4.31 Å². The van der Waals surface area contributed by atoms with Crippen LogP contribution < -0.4 is 0 Å². The normalized spacial score (nSPS) is 19.5. The minimum atomic E-state index is -3.66. The van der Waals surface area contributed by atoms with Crippen LogP contribution in [0.25, 0.3) is 0 Å². The lowest BCUT2D eigenvalue weighted by molar-refractivity contribution is 0.386. The highest BCUT2D eigenvalue weighted by molar-refractivity contribution is 7.89. The van der Waals surface area contributed by atoms with Crippen LogP contribution in [0.5, 0.6) is 0 Å². The average Bonchev–Trinajstić information content (AvgIpc) is 2.98. The summed E-state index contributed by atoms with van der Waals surface area (Å²) < 4.78 is 41.0. The van der Waals surface area contributed by atoms with Crippen LogP contribution in [0.2, 0.25) is 5.02 Å². The smallest absolute Gasteiger partial charge is 0.207 e. The highest BCUT2D eigenvalue weighted by Gasteiger charge is 2.37. The molecule has 2 aromatic rings. The predicted octanol–water partition coefficient (Wildman–Crippen LogP) is 4.00. The Balaban J connectivity index is 1.99. The SMILES string of the molecule is O=S(=O)(c1ccc(Cl)cc1)N1CCC[C@@H]1c1ccccc1F. The fourth-order valence-electron chi connectivity index (χ4n) is 2.83. The lowest BCUT2D eigenvalue weighted by atomic mass is 10.1. The van der Waals surface area contributed by atoms with Gasteiger partial charge in [0.25, 0.3) is 0 Å². The monoisotopic (exact) mass is 339 g/mol. The van der Waals surface area contributed by atoms with Gasteiger partial charge in [0.1, 0.15) is 5.82 Å². The Morgan fingerprint density at radius 2 is 1.77 bits per heavy atom. The second-order valence-corrected chi connectivity index (χ2v) is 7.58. The fraction of sp³-hybridized carbons (Fsp3) is 0.250. The molecule has 1 aliphatic heterocycles. The molecule has 22 heavy (non-hydrogen) atoms. The van der Waals surface area contributed by atoms with Gasteiger partial charge in [0.05, 0.1) is 10.9 Å². The van der Waals surface area contributed by atoms with E-state index >= 15 is 0 Å². The van der Waals surface area contributed by atoms with Gasteiger partial charge in [0.15, 0.2) is 0 Å². The molecule has 1 atom stereocenters. The molecule has 0 spiro atoms. The Morgan fingerprint density at radius 1 is 1.09 bits per heavy atom. The van der Waals surface area contributed by atoms with Crippen molar-refractivity contribution in [2.75, 3.05) is 6.54 Å². The highest BCUT2D eigenvalue weighted by Crippen LogP contribution is 2.37. The van der Waals surface area contributed by atoms with E-state index in [2.05, 4.69) is 0 Å². The lowest BCUT2D eigenvalue weighted by Crippen LogP contribution is -2.31. The zero-order valence-corrected chi connectivity index (χ0v) is 13.3. The maximum Gasteiger partial charge on any atom is 0.243 e. The standard InChI is InChI=1S/C16H15ClFNO2S/c17-12-7-9-13(10-8-12)22(20,21)19-11-3-6-16(19)14-4-1-2-5-15(14)18/h1-2,4-5,7-10,16H,3,6,11H2/t16-/m1/s1. The molecular formula is C16H15ClFNO2S. The van der Waals surface area contributed by atoms with E-state index in [1.165, 1.54) is 22.5 Å². The van der Waals surface area contributed by atoms with Crippen molar-refractivity contribution < 1.29 is 12.8 Å². The van der Waals surface area contributed by atoms with E-state index in [1.54, 1.807) is 30.3 Å². The number of halogens is 2. The van der Waals surface area contributed by atoms with Gasteiger partial charge in [-0.3, -0.25) is 0 Å². The molecule has 2 aromatic carbocycles. The van der Waals surface area contributed by atoms with Crippen LogP contribution in [-0.2, 0) is 10.0 Å². The van der Waals surface area contributed by atoms with Crippen LogP contribution in [0.4, 0.5) is 4.39 Å². The first-order valence-corrected chi connectivity index (χ1v) is 8.84. The summed E-state index contributed by atoms with van der Waals surface area (Å²) in [4.78, 5) is 0.181. The van der Waals surface area contributed by atoms with E-state index in [9.17, 15) is 12.8 Å². The van der Waals surface area contributed by atoms with Gasteiger partial charge in [-0.15, -0.1) is 0 Å². The first-order valence-electron chi connectivity index (χ1n) is 7.02. The summed E-state index contributed by atoms with van der Waals surface area (Å²) in [5, 5.41) is 0.478. The summed E-state index contributed by atoms with van der Waals surface area (Å²) in [6.45, 7) is 0.393. The summed E-state index contributed by atoms with van der Waals surface area (Å²) in [5.41, 5.74) is 0.428. The first-order chi connectivity index (χ1) is 10.5. The summed E-state index contributed by atoms with van der Waals surface area (Å²) in [6.07, 6.45) is 1.33. The van der Waals surface area contributed by atoms with Crippen molar-refractivity contribution in [3.05, 3.63) is 64.9 Å². The van der Waals surface area contributed by atoms with Crippen LogP contribution in [0, 0.1) is 5.82 Å². The second-order valence-electron chi connectivity index (χ2n) is 5.25. The molecule has 0 bridgehead atoms. The van der Waals surface area contributed by atoms with Crippen molar-refractivity contribution >= 4 is 21.6 Å². The van der Waals surface area contributed by atoms with E-state index in [4.69, 9.17) is 11.6 Å². The molecule has 6 heteroatoms. The maximum absolute atomic E-state index is 14.0. The minimum Gasteiger partial charge on any atom is -0.207 e. The zero-order valence-electron chi connectivity index (χ0n) is 11.7. The molecule has 0 aromatic heterocycles. The molecule has 3 rings (SSSR count). The number of hydrogen-bond acceptors (Lipinski definition) is 2. The van der Waals surface area contributed by atoms with Crippen molar-refractivity contribution in [1.29, 1.82) is 0 Å². The molecular weight excluding hydrogens is 325 g/mol. The summed E-state index contributed by atoms with van der Waals surface area (Å²) in [5.74, 6) is -0.370.